The number of rotatable bonds is 7. The average molecular weight is 392 g/mol. The molecular formula is C18H22ClN5O3. The molecular weight excluding hydrogens is 370 g/mol. The molecule has 0 spiro atoms. The summed E-state index contributed by atoms with van der Waals surface area (Å²) in [6.07, 6.45) is 6.72. The first-order valence-electron chi connectivity index (χ1n) is 9.04. The molecule has 8 nitrogen and oxygen atoms in total. The van der Waals surface area contributed by atoms with Crippen molar-refractivity contribution in [1.82, 2.24) is 25.9 Å². The Morgan fingerprint density at radius 1 is 1.37 bits per heavy atom. The Morgan fingerprint density at radius 2 is 2.22 bits per heavy atom. The summed E-state index contributed by atoms with van der Waals surface area (Å²) in [5.41, 5.74) is 6.90. The molecule has 1 saturated heterocycles. The fourth-order valence-electron chi connectivity index (χ4n) is 3.29. The second-order valence-corrected chi connectivity index (χ2v) is 7.59. The SMILES string of the molecule is CN(CC1CC(C2CC2)NN1)C(=O)c1cc(COc2cncc(Cl)c2)on1. The summed E-state index contributed by atoms with van der Waals surface area (Å²) in [7, 11) is 1.77. The molecule has 0 aromatic carbocycles. The van der Waals surface area contributed by atoms with E-state index in [1.54, 1.807) is 30.3 Å². The number of carbonyl (C=O) groups is 1. The number of halogens is 1. The summed E-state index contributed by atoms with van der Waals surface area (Å²) in [6, 6.07) is 4.02. The molecule has 2 fully saturated rings. The maximum Gasteiger partial charge on any atom is 0.275 e. The summed E-state index contributed by atoms with van der Waals surface area (Å²) >= 11 is 5.87. The molecule has 2 aliphatic rings. The molecule has 1 aliphatic carbocycles. The van der Waals surface area contributed by atoms with E-state index in [1.165, 1.54) is 19.0 Å². The molecule has 1 aliphatic heterocycles. The number of aromatic nitrogens is 2. The van der Waals surface area contributed by atoms with Crippen LogP contribution >= 0.6 is 11.6 Å². The average Bonchev–Trinajstić information content (AvgIpc) is 3.22. The predicted octanol–water partition coefficient (Wildman–Crippen LogP) is 2.02. The van der Waals surface area contributed by atoms with Crippen molar-refractivity contribution in [1.29, 1.82) is 0 Å². The number of hydrazine groups is 1. The van der Waals surface area contributed by atoms with Crippen molar-refractivity contribution < 1.29 is 14.1 Å². The van der Waals surface area contributed by atoms with Crippen molar-refractivity contribution in [2.45, 2.75) is 38.0 Å². The summed E-state index contributed by atoms with van der Waals surface area (Å²) in [4.78, 5) is 18.2. The lowest BCUT2D eigenvalue weighted by molar-refractivity contribution is 0.0772. The topological polar surface area (TPSA) is 92.5 Å². The molecule has 27 heavy (non-hydrogen) atoms. The van der Waals surface area contributed by atoms with Gasteiger partial charge in [0.1, 0.15) is 12.4 Å². The predicted molar refractivity (Wildman–Crippen MR) is 98.2 cm³/mol. The molecule has 2 unspecified atom stereocenters. The van der Waals surface area contributed by atoms with Gasteiger partial charge in [-0.05, 0) is 25.2 Å². The van der Waals surface area contributed by atoms with Crippen LogP contribution in [0.25, 0.3) is 0 Å². The van der Waals surface area contributed by atoms with Gasteiger partial charge >= 0.3 is 0 Å². The van der Waals surface area contributed by atoms with Crippen LogP contribution in [-0.4, -0.2) is 46.6 Å². The van der Waals surface area contributed by atoms with Crippen molar-refractivity contribution in [3.8, 4) is 5.75 Å². The van der Waals surface area contributed by atoms with Gasteiger partial charge in [-0.2, -0.15) is 0 Å². The largest absolute Gasteiger partial charge is 0.484 e. The van der Waals surface area contributed by atoms with Crippen LogP contribution in [0.3, 0.4) is 0 Å². The minimum atomic E-state index is -0.175. The fraction of sp³-hybridized carbons (Fsp3) is 0.500. The lowest BCUT2D eigenvalue weighted by atomic mass is 10.1. The molecule has 1 saturated carbocycles. The van der Waals surface area contributed by atoms with E-state index in [2.05, 4.69) is 21.0 Å². The van der Waals surface area contributed by atoms with E-state index in [0.29, 0.717) is 29.1 Å². The maximum atomic E-state index is 12.6. The van der Waals surface area contributed by atoms with E-state index in [-0.39, 0.29) is 24.2 Å². The van der Waals surface area contributed by atoms with Gasteiger partial charge in [0.25, 0.3) is 5.91 Å². The van der Waals surface area contributed by atoms with Gasteiger partial charge in [-0.15, -0.1) is 0 Å². The van der Waals surface area contributed by atoms with Gasteiger partial charge in [0.2, 0.25) is 0 Å². The number of hydrogen-bond donors (Lipinski definition) is 2. The van der Waals surface area contributed by atoms with E-state index >= 15 is 0 Å². The first kappa shape index (κ1) is 18.2. The van der Waals surface area contributed by atoms with Crippen LogP contribution in [0.4, 0.5) is 0 Å². The van der Waals surface area contributed by atoms with Crippen LogP contribution in [0.5, 0.6) is 5.75 Å². The number of carbonyl (C=O) groups excluding carboxylic acids is 1. The van der Waals surface area contributed by atoms with Crippen LogP contribution in [0.15, 0.2) is 29.0 Å². The van der Waals surface area contributed by atoms with Gasteiger partial charge in [0, 0.05) is 44.0 Å². The highest BCUT2D eigenvalue weighted by Crippen LogP contribution is 2.35. The molecule has 144 valence electrons. The van der Waals surface area contributed by atoms with Crippen LogP contribution in [-0.2, 0) is 6.61 Å². The molecule has 2 aromatic heterocycles. The van der Waals surface area contributed by atoms with E-state index in [4.69, 9.17) is 20.9 Å². The number of likely N-dealkylation sites (N-methyl/N-ethyl adjacent to an activating group) is 1. The minimum absolute atomic E-state index is 0.142. The fourth-order valence-corrected chi connectivity index (χ4v) is 3.46. The molecule has 0 bridgehead atoms. The highest BCUT2D eigenvalue weighted by molar-refractivity contribution is 6.30. The van der Waals surface area contributed by atoms with Crippen LogP contribution < -0.4 is 15.6 Å². The summed E-state index contributed by atoms with van der Waals surface area (Å²) in [6.45, 7) is 0.755. The van der Waals surface area contributed by atoms with Crippen molar-refractivity contribution >= 4 is 17.5 Å². The minimum Gasteiger partial charge on any atom is -0.484 e. The Kier molecular flexibility index (Phi) is 5.29. The molecule has 0 radical (unpaired) electrons. The molecule has 3 heterocycles. The Labute approximate surface area is 162 Å². The zero-order valence-corrected chi connectivity index (χ0v) is 15.8. The lowest BCUT2D eigenvalue weighted by Crippen LogP contribution is -2.41. The zero-order chi connectivity index (χ0) is 18.8. The molecule has 4 rings (SSSR count). The number of nitrogens with one attached hydrogen (secondary N) is 2. The number of pyridine rings is 1. The summed E-state index contributed by atoms with van der Waals surface area (Å²) in [5, 5.41) is 4.36. The van der Waals surface area contributed by atoms with Gasteiger partial charge in [-0.25, -0.2) is 0 Å². The zero-order valence-electron chi connectivity index (χ0n) is 15.0. The molecule has 2 aromatic rings. The monoisotopic (exact) mass is 391 g/mol. The molecule has 1 amide bonds. The first-order valence-corrected chi connectivity index (χ1v) is 9.42. The van der Waals surface area contributed by atoms with Crippen LogP contribution in [0.1, 0.15) is 35.5 Å². The standard InChI is InChI=1S/C18H22ClN5O3/c1-24(9-13-5-16(22-21-13)11-2-3-11)18(25)17-6-15(27-23-17)10-26-14-4-12(19)7-20-8-14/h4,6-8,11,13,16,21-22H,2-3,5,9-10H2,1H3. The van der Waals surface area contributed by atoms with Crippen molar-refractivity contribution in [3.63, 3.8) is 0 Å². The third kappa shape index (κ3) is 4.58. The van der Waals surface area contributed by atoms with Gasteiger partial charge in [0.05, 0.1) is 11.2 Å². The third-order valence-electron chi connectivity index (χ3n) is 4.88. The van der Waals surface area contributed by atoms with E-state index in [9.17, 15) is 4.79 Å². The molecule has 2 N–H and O–H groups in total. The summed E-state index contributed by atoms with van der Waals surface area (Å²) in [5.74, 6) is 1.59. The summed E-state index contributed by atoms with van der Waals surface area (Å²) < 4.78 is 10.8. The smallest absolute Gasteiger partial charge is 0.275 e. The Bertz CT molecular complexity index is 810. The van der Waals surface area contributed by atoms with Gasteiger partial charge < -0.3 is 14.2 Å². The maximum absolute atomic E-state index is 12.6. The quantitative estimate of drug-likeness (QED) is 0.745. The highest BCUT2D eigenvalue weighted by Gasteiger charge is 2.37. The second kappa shape index (κ2) is 7.84. The van der Waals surface area contributed by atoms with E-state index < -0.39 is 0 Å². The Morgan fingerprint density at radius 3 is 3.00 bits per heavy atom. The Hall–Kier alpha value is -2.16. The number of ether oxygens (including phenoxy) is 1. The van der Waals surface area contributed by atoms with Crippen LogP contribution in [0, 0.1) is 5.92 Å². The molecule has 9 heteroatoms. The lowest BCUT2D eigenvalue weighted by Gasteiger charge is -2.19. The van der Waals surface area contributed by atoms with Crippen molar-refractivity contribution in [2.75, 3.05) is 13.6 Å². The first-order chi connectivity index (χ1) is 13.1. The number of hydrogen-bond acceptors (Lipinski definition) is 7. The second-order valence-electron chi connectivity index (χ2n) is 7.16. The van der Waals surface area contributed by atoms with E-state index in [1.807, 2.05) is 0 Å². The van der Waals surface area contributed by atoms with Crippen LogP contribution in [0.2, 0.25) is 5.02 Å². The van der Waals surface area contributed by atoms with Gasteiger partial charge in [-0.1, -0.05) is 16.8 Å². The normalized spacial score (nSPS) is 22.0. The third-order valence-corrected chi connectivity index (χ3v) is 5.09. The van der Waals surface area contributed by atoms with E-state index in [0.717, 1.165) is 12.3 Å². The number of nitrogens with zero attached hydrogens (tertiary/aromatic N) is 3. The molecule has 2 atom stereocenters. The van der Waals surface area contributed by atoms with Gasteiger partial charge in [-0.3, -0.25) is 20.6 Å². The van der Waals surface area contributed by atoms with Crippen molar-refractivity contribution in [2.24, 2.45) is 5.92 Å². The Balaban J connectivity index is 1.28. The van der Waals surface area contributed by atoms with Crippen molar-refractivity contribution in [3.05, 3.63) is 41.0 Å². The highest BCUT2D eigenvalue weighted by atomic mass is 35.5. The number of amides is 1. The van der Waals surface area contributed by atoms with Gasteiger partial charge in [0.15, 0.2) is 11.5 Å².